The minimum absolute atomic E-state index is 0.285. The Kier molecular flexibility index (Phi) is 4.65. The molecule has 4 heteroatoms. The Hall–Kier alpha value is -0.870. The number of likely N-dealkylation sites (N-methyl/N-ethyl adjacent to an activating group) is 1. The van der Waals surface area contributed by atoms with Crippen molar-refractivity contribution in [2.24, 2.45) is 0 Å². The van der Waals surface area contributed by atoms with Gasteiger partial charge in [0.05, 0.1) is 6.04 Å². The maximum absolute atomic E-state index is 4.72. The van der Waals surface area contributed by atoms with Crippen molar-refractivity contribution in [2.75, 3.05) is 20.1 Å². The van der Waals surface area contributed by atoms with E-state index in [0.717, 1.165) is 6.54 Å². The molecule has 1 N–H and O–H groups in total. The van der Waals surface area contributed by atoms with Crippen LogP contribution in [0.5, 0.6) is 0 Å². The molecule has 0 amide bonds. The average molecular weight is 290 g/mol. The summed E-state index contributed by atoms with van der Waals surface area (Å²) in [5.41, 5.74) is 0.285. The highest BCUT2D eigenvalue weighted by Crippen LogP contribution is 2.45. The van der Waals surface area contributed by atoms with Gasteiger partial charge in [0.15, 0.2) is 0 Å². The summed E-state index contributed by atoms with van der Waals surface area (Å²) in [6, 6.07) is 0.355. The number of likely N-dealkylation sites (tertiary alicyclic amines) is 1. The van der Waals surface area contributed by atoms with Gasteiger partial charge in [0.2, 0.25) is 0 Å². The lowest BCUT2D eigenvalue weighted by molar-refractivity contribution is 0.0347. The minimum Gasteiger partial charge on any atom is -0.334 e. The van der Waals surface area contributed by atoms with E-state index >= 15 is 0 Å². The third-order valence-electron chi connectivity index (χ3n) is 5.63. The Balaban J connectivity index is 1.94. The predicted octanol–water partition coefficient (Wildman–Crippen LogP) is 2.96. The van der Waals surface area contributed by atoms with Crippen LogP contribution in [0.1, 0.15) is 63.7 Å². The number of rotatable bonds is 5. The summed E-state index contributed by atoms with van der Waals surface area (Å²) in [7, 11) is 2.11. The van der Waals surface area contributed by atoms with Crippen LogP contribution < -0.4 is 5.32 Å². The molecule has 1 aliphatic heterocycles. The van der Waals surface area contributed by atoms with E-state index in [4.69, 9.17) is 4.98 Å². The fraction of sp³-hybridized carbons (Fsp3) is 0.824. The fourth-order valence-corrected chi connectivity index (χ4v) is 4.60. The summed E-state index contributed by atoms with van der Waals surface area (Å²) in [6.45, 7) is 5.75. The lowest BCUT2D eigenvalue weighted by Crippen LogP contribution is -2.56. The van der Waals surface area contributed by atoms with Crippen molar-refractivity contribution in [3.05, 3.63) is 18.2 Å². The van der Waals surface area contributed by atoms with Gasteiger partial charge in [0.1, 0.15) is 5.82 Å². The topological polar surface area (TPSA) is 33.1 Å². The highest BCUT2D eigenvalue weighted by atomic mass is 15.3. The molecular weight excluding hydrogens is 260 g/mol. The molecule has 2 aliphatic rings. The number of aryl methyl sites for hydroxylation is 1. The summed E-state index contributed by atoms with van der Waals surface area (Å²) < 4.78 is 2.31. The monoisotopic (exact) mass is 290 g/mol. The van der Waals surface area contributed by atoms with Gasteiger partial charge >= 0.3 is 0 Å². The third-order valence-corrected chi connectivity index (χ3v) is 5.63. The standard InChI is InChI=1S/C17H30N4/c1-3-20-14-11-19-16(20)15(18-2)17(9-5-6-10-17)21-12-7-4-8-13-21/h11,14-15,18H,3-10,12-13H2,1-2H3. The van der Waals surface area contributed by atoms with Crippen molar-refractivity contribution in [2.45, 2.75) is 70.0 Å². The summed E-state index contributed by atoms with van der Waals surface area (Å²) >= 11 is 0. The Labute approximate surface area is 128 Å². The van der Waals surface area contributed by atoms with E-state index in [0.29, 0.717) is 6.04 Å². The first kappa shape index (κ1) is 15.0. The predicted molar refractivity (Wildman–Crippen MR) is 86.3 cm³/mol. The van der Waals surface area contributed by atoms with Crippen LogP contribution in [0.4, 0.5) is 0 Å². The van der Waals surface area contributed by atoms with Crippen molar-refractivity contribution in [3.63, 3.8) is 0 Å². The normalized spacial score (nSPS) is 24.3. The van der Waals surface area contributed by atoms with Gasteiger partial charge in [-0.1, -0.05) is 19.3 Å². The first-order valence-corrected chi connectivity index (χ1v) is 8.75. The summed E-state index contributed by atoms with van der Waals surface area (Å²) in [5, 5.41) is 3.63. The molecule has 0 radical (unpaired) electrons. The summed E-state index contributed by atoms with van der Waals surface area (Å²) in [6.07, 6.45) is 13.6. The van der Waals surface area contributed by atoms with Crippen molar-refractivity contribution in [3.8, 4) is 0 Å². The number of piperidine rings is 1. The molecule has 1 aliphatic carbocycles. The van der Waals surface area contributed by atoms with Crippen LogP contribution >= 0.6 is 0 Å². The van der Waals surface area contributed by atoms with E-state index in [9.17, 15) is 0 Å². The smallest absolute Gasteiger partial charge is 0.127 e. The lowest BCUT2D eigenvalue weighted by atomic mass is 9.83. The number of nitrogens with one attached hydrogen (secondary N) is 1. The molecule has 1 unspecified atom stereocenters. The van der Waals surface area contributed by atoms with Gasteiger partial charge in [-0.05, 0) is 52.7 Å². The minimum atomic E-state index is 0.285. The van der Waals surface area contributed by atoms with E-state index in [2.05, 4.69) is 35.0 Å². The molecular formula is C17H30N4. The lowest BCUT2D eigenvalue weighted by Gasteiger charge is -2.48. The quantitative estimate of drug-likeness (QED) is 0.905. The number of nitrogens with zero attached hydrogens (tertiary/aromatic N) is 3. The average Bonchev–Trinajstić information content (AvgIpc) is 3.19. The molecule has 118 valence electrons. The van der Waals surface area contributed by atoms with Gasteiger partial charge in [0.25, 0.3) is 0 Å². The molecule has 1 aromatic rings. The van der Waals surface area contributed by atoms with Crippen LogP contribution in [0.15, 0.2) is 12.4 Å². The van der Waals surface area contributed by atoms with Crippen LogP contribution in [-0.2, 0) is 6.54 Å². The second-order valence-corrected chi connectivity index (χ2v) is 6.65. The zero-order chi connectivity index (χ0) is 14.7. The molecule has 3 rings (SSSR count). The largest absolute Gasteiger partial charge is 0.334 e. The van der Waals surface area contributed by atoms with Crippen molar-refractivity contribution >= 4 is 0 Å². The summed E-state index contributed by atoms with van der Waals surface area (Å²) in [5.74, 6) is 1.23. The van der Waals surface area contributed by atoms with Crippen molar-refractivity contribution in [1.82, 2.24) is 19.8 Å². The maximum atomic E-state index is 4.72. The molecule has 0 bridgehead atoms. The molecule has 0 aromatic carbocycles. The van der Waals surface area contributed by atoms with Gasteiger partial charge in [-0.15, -0.1) is 0 Å². The van der Waals surface area contributed by atoms with E-state index in [-0.39, 0.29) is 5.54 Å². The molecule has 21 heavy (non-hydrogen) atoms. The van der Waals surface area contributed by atoms with Crippen molar-refractivity contribution in [1.29, 1.82) is 0 Å². The first-order chi connectivity index (χ1) is 10.3. The van der Waals surface area contributed by atoms with Gasteiger partial charge in [-0.3, -0.25) is 4.90 Å². The molecule has 1 aromatic heterocycles. The molecule has 0 spiro atoms. The van der Waals surface area contributed by atoms with Crippen LogP contribution in [0, 0.1) is 0 Å². The van der Waals surface area contributed by atoms with Crippen LogP contribution in [0.25, 0.3) is 0 Å². The van der Waals surface area contributed by atoms with Crippen LogP contribution in [-0.4, -0.2) is 40.1 Å². The first-order valence-electron chi connectivity index (χ1n) is 8.75. The van der Waals surface area contributed by atoms with E-state index in [1.807, 2.05) is 6.20 Å². The Morgan fingerprint density at radius 2 is 1.90 bits per heavy atom. The fourth-order valence-electron chi connectivity index (χ4n) is 4.60. The van der Waals surface area contributed by atoms with Crippen molar-refractivity contribution < 1.29 is 0 Å². The van der Waals surface area contributed by atoms with Gasteiger partial charge in [-0.2, -0.15) is 0 Å². The Morgan fingerprint density at radius 1 is 1.19 bits per heavy atom. The van der Waals surface area contributed by atoms with E-state index < -0.39 is 0 Å². The molecule has 2 fully saturated rings. The maximum Gasteiger partial charge on any atom is 0.127 e. The molecule has 1 saturated heterocycles. The second kappa shape index (κ2) is 6.49. The second-order valence-electron chi connectivity index (χ2n) is 6.65. The van der Waals surface area contributed by atoms with Gasteiger partial charge < -0.3 is 9.88 Å². The van der Waals surface area contributed by atoms with E-state index in [1.165, 1.54) is 63.9 Å². The summed E-state index contributed by atoms with van der Waals surface area (Å²) in [4.78, 5) is 7.51. The molecule has 4 nitrogen and oxygen atoms in total. The number of aromatic nitrogens is 2. The highest BCUT2D eigenvalue weighted by molar-refractivity contribution is 5.13. The zero-order valence-electron chi connectivity index (χ0n) is 13.6. The number of imidazole rings is 1. The van der Waals surface area contributed by atoms with Gasteiger partial charge in [-0.25, -0.2) is 4.98 Å². The van der Waals surface area contributed by atoms with Crippen LogP contribution in [0.3, 0.4) is 0 Å². The van der Waals surface area contributed by atoms with E-state index in [1.54, 1.807) is 0 Å². The Morgan fingerprint density at radius 3 is 2.52 bits per heavy atom. The molecule has 1 saturated carbocycles. The zero-order valence-corrected chi connectivity index (χ0v) is 13.6. The molecule has 2 heterocycles. The third kappa shape index (κ3) is 2.64. The Bertz CT molecular complexity index is 441. The molecule has 1 atom stereocenters. The SMILES string of the molecule is CCn1ccnc1C(NC)C1(N2CCCCC2)CCCC1. The van der Waals surface area contributed by atoms with Gasteiger partial charge in [0, 0.05) is 24.5 Å². The number of hydrogen-bond acceptors (Lipinski definition) is 3. The number of hydrogen-bond donors (Lipinski definition) is 1. The van der Waals surface area contributed by atoms with Crippen LogP contribution in [0.2, 0.25) is 0 Å². The highest BCUT2D eigenvalue weighted by Gasteiger charge is 2.47.